The number of amides is 1. The highest BCUT2D eigenvalue weighted by molar-refractivity contribution is 8.13. The summed E-state index contributed by atoms with van der Waals surface area (Å²) >= 11 is 11.8. The van der Waals surface area contributed by atoms with E-state index in [1.54, 1.807) is 0 Å². The molecule has 1 aromatic rings. The number of carbonyl (C=O) groups excluding carboxylic acids is 1. The van der Waals surface area contributed by atoms with Gasteiger partial charge in [-0.1, -0.05) is 44.0 Å². The van der Waals surface area contributed by atoms with Crippen molar-refractivity contribution >= 4 is 48.8 Å². The Morgan fingerprint density at radius 2 is 1.86 bits per heavy atom. The normalized spacial score (nSPS) is 13.3. The number of rotatable bonds is 5. The Labute approximate surface area is 139 Å². The van der Waals surface area contributed by atoms with E-state index in [1.165, 1.54) is 6.07 Å². The molecule has 0 aliphatic rings. The van der Waals surface area contributed by atoms with Crippen molar-refractivity contribution < 1.29 is 13.2 Å². The molecular formula is C13H16Cl3NO3S. The van der Waals surface area contributed by atoms with Crippen molar-refractivity contribution in [3.05, 3.63) is 27.7 Å². The van der Waals surface area contributed by atoms with Crippen LogP contribution in [0, 0.1) is 5.92 Å². The molecular weight excluding hydrogens is 357 g/mol. The van der Waals surface area contributed by atoms with Gasteiger partial charge in [0.1, 0.15) is 4.90 Å². The Morgan fingerprint density at radius 1 is 1.29 bits per heavy atom. The lowest BCUT2D eigenvalue weighted by atomic mass is 10.0. The van der Waals surface area contributed by atoms with E-state index in [2.05, 4.69) is 5.32 Å². The molecule has 0 aromatic heterocycles. The van der Waals surface area contributed by atoms with Gasteiger partial charge in [0.15, 0.2) is 0 Å². The molecule has 0 fully saturated rings. The van der Waals surface area contributed by atoms with Gasteiger partial charge in [0.05, 0.1) is 10.6 Å². The summed E-state index contributed by atoms with van der Waals surface area (Å²) in [5, 5.41) is 2.65. The number of hydrogen-bond acceptors (Lipinski definition) is 3. The SMILES string of the molecule is CCC(NC(=O)c1cc(Cl)cc(S(=O)(=O)Cl)c1Cl)C(C)C. The van der Waals surface area contributed by atoms with Crippen LogP contribution in [0.15, 0.2) is 17.0 Å². The second kappa shape index (κ2) is 7.18. The lowest BCUT2D eigenvalue weighted by Crippen LogP contribution is -2.38. The summed E-state index contributed by atoms with van der Waals surface area (Å²) < 4.78 is 22.9. The fourth-order valence-corrected chi connectivity index (χ4v) is 3.75. The summed E-state index contributed by atoms with van der Waals surface area (Å²) in [6, 6.07) is 2.38. The van der Waals surface area contributed by atoms with E-state index >= 15 is 0 Å². The fraction of sp³-hybridized carbons (Fsp3) is 0.462. The van der Waals surface area contributed by atoms with Crippen LogP contribution in [0.4, 0.5) is 0 Å². The Bertz CT molecular complexity index is 644. The van der Waals surface area contributed by atoms with Crippen molar-refractivity contribution in [2.24, 2.45) is 5.92 Å². The summed E-state index contributed by atoms with van der Waals surface area (Å²) in [7, 11) is 1.21. The van der Waals surface area contributed by atoms with Gasteiger partial charge in [0, 0.05) is 21.7 Å². The molecule has 0 aliphatic carbocycles. The summed E-state index contributed by atoms with van der Waals surface area (Å²) in [6.07, 6.45) is 0.738. The first-order chi connectivity index (χ1) is 9.57. The minimum absolute atomic E-state index is 0.0116. The third-order valence-corrected chi connectivity index (χ3v) is 5.16. The van der Waals surface area contributed by atoms with E-state index in [0.717, 1.165) is 12.5 Å². The zero-order valence-corrected chi connectivity index (χ0v) is 14.9. The lowest BCUT2D eigenvalue weighted by molar-refractivity contribution is 0.0924. The van der Waals surface area contributed by atoms with E-state index in [4.69, 9.17) is 33.9 Å². The first-order valence-electron chi connectivity index (χ1n) is 6.32. The molecule has 0 heterocycles. The minimum atomic E-state index is -4.09. The number of nitrogens with one attached hydrogen (secondary N) is 1. The summed E-state index contributed by atoms with van der Waals surface area (Å²) in [6.45, 7) is 5.89. The van der Waals surface area contributed by atoms with E-state index in [-0.39, 0.29) is 32.5 Å². The van der Waals surface area contributed by atoms with Crippen LogP contribution in [0.3, 0.4) is 0 Å². The lowest BCUT2D eigenvalue weighted by Gasteiger charge is -2.21. The molecule has 118 valence electrons. The molecule has 0 radical (unpaired) electrons. The number of halogens is 3. The summed E-state index contributed by atoms with van der Waals surface area (Å²) in [5.74, 6) is -0.252. The van der Waals surface area contributed by atoms with Gasteiger partial charge in [0.2, 0.25) is 0 Å². The zero-order chi connectivity index (χ0) is 16.4. The van der Waals surface area contributed by atoms with E-state index in [0.29, 0.717) is 0 Å². The van der Waals surface area contributed by atoms with Crippen LogP contribution in [-0.4, -0.2) is 20.4 Å². The summed E-state index contributed by atoms with van der Waals surface area (Å²) in [4.78, 5) is 11.9. The maximum Gasteiger partial charge on any atom is 0.262 e. The van der Waals surface area contributed by atoms with Crippen molar-refractivity contribution in [3.63, 3.8) is 0 Å². The highest BCUT2D eigenvalue weighted by atomic mass is 35.7. The smallest absolute Gasteiger partial charge is 0.262 e. The molecule has 1 aromatic carbocycles. The van der Waals surface area contributed by atoms with Crippen molar-refractivity contribution in [2.45, 2.75) is 38.1 Å². The van der Waals surface area contributed by atoms with Crippen LogP contribution < -0.4 is 5.32 Å². The molecule has 21 heavy (non-hydrogen) atoms. The van der Waals surface area contributed by atoms with Crippen LogP contribution in [-0.2, 0) is 9.05 Å². The molecule has 0 saturated heterocycles. The Morgan fingerprint density at radius 3 is 2.29 bits per heavy atom. The summed E-state index contributed by atoms with van der Waals surface area (Å²) in [5.41, 5.74) is -0.0116. The fourth-order valence-electron chi connectivity index (χ4n) is 1.89. The van der Waals surface area contributed by atoms with Crippen molar-refractivity contribution in [1.82, 2.24) is 5.32 Å². The topological polar surface area (TPSA) is 63.2 Å². The first-order valence-corrected chi connectivity index (χ1v) is 9.39. The maximum absolute atomic E-state index is 12.3. The maximum atomic E-state index is 12.3. The molecule has 1 unspecified atom stereocenters. The second-order valence-electron chi connectivity index (χ2n) is 4.94. The molecule has 1 rings (SSSR count). The molecule has 4 nitrogen and oxygen atoms in total. The molecule has 0 spiro atoms. The highest BCUT2D eigenvalue weighted by Crippen LogP contribution is 2.31. The van der Waals surface area contributed by atoms with Gasteiger partial charge in [-0.15, -0.1) is 0 Å². The molecule has 0 bridgehead atoms. The van der Waals surface area contributed by atoms with Crippen LogP contribution >= 0.6 is 33.9 Å². The average molecular weight is 373 g/mol. The standard InChI is InChI=1S/C13H16Cl3NO3S/c1-4-10(7(2)3)17-13(18)9-5-8(14)6-11(12(9)15)21(16,19)20/h5-7,10H,4H2,1-3H3,(H,17,18). The Hall–Kier alpha value is -0.490. The molecule has 0 aliphatic heterocycles. The largest absolute Gasteiger partial charge is 0.349 e. The number of carbonyl (C=O) groups is 1. The monoisotopic (exact) mass is 371 g/mol. The molecule has 1 atom stereocenters. The highest BCUT2D eigenvalue weighted by Gasteiger charge is 2.24. The average Bonchev–Trinajstić information content (AvgIpc) is 2.36. The van der Waals surface area contributed by atoms with Crippen LogP contribution in [0.2, 0.25) is 10.0 Å². The Balaban J connectivity index is 3.25. The van der Waals surface area contributed by atoms with Gasteiger partial charge in [-0.25, -0.2) is 8.42 Å². The molecule has 0 saturated carbocycles. The molecule has 1 N–H and O–H groups in total. The predicted molar refractivity (Wildman–Crippen MR) is 85.9 cm³/mol. The van der Waals surface area contributed by atoms with Gasteiger partial charge >= 0.3 is 0 Å². The van der Waals surface area contributed by atoms with Gasteiger partial charge < -0.3 is 5.32 Å². The van der Waals surface area contributed by atoms with Gasteiger partial charge in [0.25, 0.3) is 15.0 Å². The second-order valence-corrected chi connectivity index (χ2v) is 8.28. The first kappa shape index (κ1) is 18.6. The van der Waals surface area contributed by atoms with Crippen molar-refractivity contribution in [2.75, 3.05) is 0 Å². The van der Waals surface area contributed by atoms with Gasteiger partial charge in [-0.3, -0.25) is 4.79 Å². The molecule has 8 heteroatoms. The zero-order valence-electron chi connectivity index (χ0n) is 11.8. The van der Waals surface area contributed by atoms with Crippen LogP contribution in [0.5, 0.6) is 0 Å². The van der Waals surface area contributed by atoms with Gasteiger partial charge in [-0.05, 0) is 24.5 Å². The van der Waals surface area contributed by atoms with Crippen LogP contribution in [0.1, 0.15) is 37.6 Å². The third-order valence-electron chi connectivity index (χ3n) is 3.07. The van der Waals surface area contributed by atoms with E-state index in [9.17, 15) is 13.2 Å². The molecule has 1 amide bonds. The van der Waals surface area contributed by atoms with Crippen LogP contribution in [0.25, 0.3) is 0 Å². The minimum Gasteiger partial charge on any atom is -0.349 e. The third kappa shape index (κ3) is 4.74. The van der Waals surface area contributed by atoms with Gasteiger partial charge in [-0.2, -0.15) is 0 Å². The van der Waals surface area contributed by atoms with Crippen molar-refractivity contribution in [1.29, 1.82) is 0 Å². The number of benzene rings is 1. The van der Waals surface area contributed by atoms with E-state index in [1.807, 2.05) is 20.8 Å². The quantitative estimate of drug-likeness (QED) is 0.792. The Kier molecular flexibility index (Phi) is 6.35. The van der Waals surface area contributed by atoms with E-state index < -0.39 is 15.0 Å². The predicted octanol–water partition coefficient (Wildman–Crippen LogP) is 4.09. The number of hydrogen-bond donors (Lipinski definition) is 1. The van der Waals surface area contributed by atoms with Crippen molar-refractivity contribution in [3.8, 4) is 0 Å².